The molecule has 1 aromatic rings. The molecule has 4 heteroatoms. The van der Waals surface area contributed by atoms with Gasteiger partial charge in [0.2, 0.25) is 5.91 Å². The first-order chi connectivity index (χ1) is 9.20. The molecular formula is C15H21NO2S. The van der Waals surface area contributed by atoms with Crippen LogP contribution in [0.25, 0.3) is 0 Å². The van der Waals surface area contributed by atoms with Crippen molar-refractivity contribution in [2.75, 3.05) is 12.4 Å². The van der Waals surface area contributed by atoms with Crippen molar-refractivity contribution in [2.45, 2.75) is 43.1 Å². The Hall–Kier alpha value is -1.16. The number of para-hydroxylation sites is 2. The second-order valence-electron chi connectivity index (χ2n) is 4.87. The highest BCUT2D eigenvalue weighted by Gasteiger charge is 2.22. The molecule has 19 heavy (non-hydrogen) atoms. The van der Waals surface area contributed by atoms with Crippen LogP contribution < -0.4 is 10.1 Å². The highest BCUT2D eigenvalue weighted by Crippen LogP contribution is 2.33. The lowest BCUT2D eigenvalue weighted by Gasteiger charge is -2.17. The molecule has 0 unspecified atom stereocenters. The third-order valence-corrected chi connectivity index (χ3v) is 4.91. The maximum Gasteiger partial charge on any atom is 0.237 e. The Morgan fingerprint density at radius 3 is 2.74 bits per heavy atom. The summed E-state index contributed by atoms with van der Waals surface area (Å²) in [5.41, 5.74) is 0.744. The van der Waals surface area contributed by atoms with Crippen molar-refractivity contribution in [1.29, 1.82) is 0 Å². The largest absolute Gasteiger partial charge is 0.495 e. The molecule has 1 atom stereocenters. The van der Waals surface area contributed by atoms with Gasteiger partial charge in [-0.05, 0) is 31.9 Å². The van der Waals surface area contributed by atoms with Crippen LogP contribution in [0.3, 0.4) is 0 Å². The van der Waals surface area contributed by atoms with Gasteiger partial charge < -0.3 is 10.1 Å². The molecule has 1 saturated carbocycles. The van der Waals surface area contributed by atoms with E-state index in [4.69, 9.17) is 4.74 Å². The van der Waals surface area contributed by atoms with Gasteiger partial charge in [-0.1, -0.05) is 25.0 Å². The van der Waals surface area contributed by atoms with Crippen LogP contribution in [0.4, 0.5) is 5.69 Å². The zero-order valence-corrected chi connectivity index (χ0v) is 12.3. The summed E-state index contributed by atoms with van der Waals surface area (Å²) >= 11 is 1.80. The molecular weight excluding hydrogens is 258 g/mol. The molecule has 0 aliphatic heterocycles. The van der Waals surface area contributed by atoms with E-state index in [1.54, 1.807) is 18.9 Å². The smallest absolute Gasteiger partial charge is 0.237 e. The third-order valence-electron chi connectivity index (χ3n) is 3.43. The quantitative estimate of drug-likeness (QED) is 0.893. The molecule has 1 amide bonds. The lowest BCUT2D eigenvalue weighted by atomic mass is 10.3. The summed E-state index contributed by atoms with van der Waals surface area (Å²) in [5, 5.41) is 3.58. The van der Waals surface area contributed by atoms with E-state index in [9.17, 15) is 4.79 Å². The molecule has 1 N–H and O–H groups in total. The zero-order chi connectivity index (χ0) is 13.7. The molecule has 0 radical (unpaired) electrons. The van der Waals surface area contributed by atoms with Gasteiger partial charge in [-0.3, -0.25) is 4.79 Å². The predicted molar refractivity (Wildman–Crippen MR) is 80.9 cm³/mol. The van der Waals surface area contributed by atoms with Crippen LogP contribution in [0.1, 0.15) is 32.6 Å². The summed E-state index contributed by atoms with van der Waals surface area (Å²) in [7, 11) is 1.61. The Labute approximate surface area is 119 Å². The molecule has 0 heterocycles. The number of ether oxygens (including phenoxy) is 1. The van der Waals surface area contributed by atoms with E-state index < -0.39 is 0 Å². The number of carbonyl (C=O) groups is 1. The number of anilines is 1. The van der Waals surface area contributed by atoms with Crippen LogP contribution in [0.2, 0.25) is 0 Å². The van der Waals surface area contributed by atoms with Gasteiger partial charge in [0.1, 0.15) is 5.75 Å². The first-order valence-electron chi connectivity index (χ1n) is 6.80. The van der Waals surface area contributed by atoms with Crippen molar-refractivity contribution in [3.8, 4) is 5.75 Å². The average molecular weight is 279 g/mol. The van der Waals surface area contributed by atoms with Gasteiger partial charge in [-0.2, -0.15) is 0 Å². The number of thioether (sulfide) groups is 1. The van der Waals surface area contributed by atoms with Gasteiger partial charge in [-0.25, -0.2) is 0 Å². The molecule has 0 aromatic heterocycles. The average Bonchev–Trinajstić information content (AvgIpc) is 2.92. The number of amides is 1. The Morgan fingerprint density at radius 1 is 1.37 bits per heavy atom. The number of carbonyl (C=O) groups excluding carboxylic acids is 1. The fourth-order valence-electron chi connectivity index (χ4n) is 2.36. The number of nitrogens with one attached hydrogen (secondary N) is 1. The van der Waals surface area contributed by atoms with Gasteiger partial charge in [0.25, 0.3) is 0 Å². The van der Waals surface area contributed by atoms with Gasteiger partial charge in [-0.15, -0.1) is 11.8 Å². The number of hydrogen-bond donors (Lipinski definition) is 1. The molecule has 3 nitrogen and oxygen atoms in total. The van der Waals surface area contributed by atoms with Crippen molar-refractivity contribution < 1.29 is 9.53 Å². The van der Waals surface area contributed by atoms with Crippen LogP contribution in [0, 0.1) is 0 Å². The highest BCUT2D eigenvalue weighted by atomic mass is 32.2. The second kappa shape index (κ2) is 6.85. The van der Waals surface area contributed by atoms with Crippen LogP contribution in [0.15, 0.2) is 24.3 Å². The highest BCUT2D eigenvalue weighted by molar-refractivity contribution is 8.01. The van der Waals surface area contributed by atoms with E-state index in [2.05, 4.69) is 5.32 Å². The Bertz CT molecular complexity index is 430. The topological polar surface area (TPSA) is 38.3 Å². The van der Waals surface area contributed by atoms with Crippen molar-refractivity contribution in [2.24, 2.45) is 0 Å². The summed E-state index contributed by atoms with van der Waals surface area (Å²) in [5.74, 6) is 0.760. The number of hydrogen-bond acceptors (Lipinski definition) is 3. The van der Waals surface area contributed by atoms with Crippen molar-refractivity contribution >= 4 is 23.4 Å². The second-order valence-corrected chi connectivity index (χ2v) is 6.52. The fourth-order valence-corrected chi connectivity index (χ4v) is 3.72. The minimum atomic E-state index is -0.0204. The summed E-state index contributed by atoms with van der Waals surface area (Å²) in [6.45, 7) is 1.98. The Balaban J connectivity index is 1.92. The van der Waals surface area contributed by atoms with Crippen molar-refractivity contribution in [1.82, 2.24) is 0 Å². The standard InChI is InChI=1S/C15H21NO2S/c1-11(19-12-7-3-4-8-12)15(17)16-13-9-5-6-10-14(13)18-2/h5-6,9-12H,3-4,7-8H2,1-2H3,(H,16,17)/t11-/m0/s1. The fraction of sp³-hybridized carbons (Fsp3) is 0.533. The van der Waals surface area contributed by atoms with Crippen molar-refractivity contribution in [3.05, 3.63) is 24.3 Å². The van der Waals surface area contributed by atoms with Crippen LogP contribution in [0.5, 0.6) is 5.75 Å². The van der Waals surface area contributed by atoms with Gasteiger partial charge in [0.05, 0.1) is 18.0 Å². The summed E-state index contributed by atoms with van der Waals surface area (Å²) < 4.78 is 5.24. The summed E-state index contributed by atoms with van der Waals surface area (Å²) in [6, 6.07) is 7.51. The summed E-state index contributed by atoms with van der Waals surface area (Å²) in [6.07, 6.45) is 5.10. The van der Waals surface area contributed by atoms with E-state index in [0.29, 0.717) is 11.0 Å². The maximum atomic E-state index is 12.2. The van der Waals surface area contributed by atoms with Gasteiger partial charge in [0.15, 0.2) is 0 Å². The van der Waals surface area contributed by atoms with Crippen LogP contribution >= 0.6 is 11.8 Å². The molecule has 1 aliphatic carbocycles. The lowest BCUT2D eigenvalue weighted by molar-refractivity contribution is -0.115. The third kappa shape index (κ3) is 3.90. The van der Waals surface area contributed by atoms with E-state index in [0.717, 1.165) is 5.69 Å². The van der Waals surface area contributed by atoms with Gasteiger partial charge >= 0.3 is 0 Å². The predicted octanol–water partition coefficient (Wildman–Crippen LogP) is 3.70. The van der Waals surface area contributed by atoms with Gasteiger partial charge in [0, 0.05) is 5.25 Å². The lowest BCUT2D eigenvalue weighted by Crippen LogP contribution is -2.24. The SMILES string of the molecule is COc1ccccc1NC(=O)[C@H](C)SC1CCCC1. The summed E-state index contributed by atoms with van der Waals surface area (Å²) in [4.78, 5) is 12.2. The number of rotatable bonds is 5. The van der Waals surface area contributed by atoms with E-state index in [-0.39, 0.29) is 11.2 Å². The van der Waals surface area contributed by atoms with Crippen LogP contribution in [-0.2, 0) is 4.79 Å². The van der Waals surface area contributed by atoms with E-state index in [1.165, 1.54) is 25.7 Å². The molecule has 2 rings (SSSR count). The zero-order valence-electron chi connectivity index (χ0n) is 11.5. The first kappa shape index (κ1) is 14.3. The monoisotopic (exact) mass is 279 g/mol. The number of methoxy groups -OCH3 is 1. The molecule has 1 aliphatic rings. The van der Waals surface area contributed by atoms with Crippen molar-refractivity contribution in [3.63, 3.8) is 0 Å². The van der Waals surface area contributed by atoms with E-state index >= 15 is 0 Å². The minimum Gasteiger partial charge on any atom is -0.495 e. The maximum absolute atomic E-state index is 12.2. The van der Waals surface area contributed by atoms with E-state index in [1.807, 2.05) is 31.2 Å². The molecule has 1 fully saturated rings. The molecule has 1 aromatic carbocycles. The number of benzene rings is 1. The minimum absolute atomic E-state index is 0.0204. The normalized spacial score (nSPS) is 17.2. The molecule has 0 bridgehead atoms. The Kier molecular flexibility index (Phi) is 5.14. The Morgan fingerprint density at radius 2 is 2.05 bits per heavy atom. The van der Waals surface area contributed by atoms with Crippen LogP contribution in [-0.4, -0.2) is 23.5 Å². The molecule has 0 spiro atoms. The molecule has 0 saturated heterocycles. The molecule has 104 valence electrons. The first-order valence-corrected chi connectivity index (χ1v) is 7.74.